The van der Waals surface area contributed by atoms with Crippen LogP contribution in [0.5, 0.6) is 17.4 Å². The maximum absolute atomic E-state index is 6.04. The van der Waals surface area contributed by atoms with Crippen molar-refractivity contribution in [2.45, 2.75) is 25.3 Å². The predicted octanol–water partition coefficient (Wildman–Crippen LogP) is 3.38. The molecule has 1 fully saturated rings. The molecular weight excluding hydrogens is 342 g/mol. The summed E-state index contributed by atoms with van der Waals surface area (Å²) in [6.07, 6.45) is 9.22. The van der Waals surface area contributed by atoms with Crippen LogP contribution in [-0.2, 0) is 6.54 Å². The van der Waals surface area contributed by atoms with E-state index in [-0.39, 0.29) is 0 Å². The highest BCUT2D eigenvalue weighted by atomic mass is 16.5. The van der Waals surface area contributed by atoms with Gasteiger partial charge >= 0.3 is 0 Å². The summed E-state index contributed by atoms with van der Waals surface area (Å²) >= 11 is 0. The van der Waals surface area contributed by atoms with Crippen molar-refractivity contribution >= 4 is 0 Å². The van der Waals surface area contributed by atoms with Gasteiger partial charge in [0.1, 0.15) is 17.2 Å². The SMILES string of the molecule is COc1ccc(Oc2nccnc2[C@H]2CCCN(Cc3cnc[nH]3)C2)cc1. The van der Waals surface area contributed by atoms with E-state index in [4.69, 9.17) is 9.47 Å². The lowest BCUT2D eigenvalue weighted by molar-refractivity contribution is 0.195. The molecule has 4 rings (SSSR count). The number of hydrogen-bond donors (Lipinski definition) is 1. The Hall–Kier alpha value is -2.93. The summed E-state index contributed by atoms with van der Waals surface area (Å²) in [6, 6.07) is 7.50. The molecule has 1 saturated heterocycles. The Morgan fingerprint density at radius 2 is 1.96 bits per heavy atom. The van der Waals surface area contributed by atoms with Gasteiger partial charge in [-0.15, -0.1) is 0 Å². The number of benzene rings is 1. The van der Waals surface area contributed by atoms with Crippen LogP contribution in [-0.4, -0.2) is 45.0 Å². The van der Waals surface area contributed by atoms with E-state index in [1.807, 2.05) is 30.5 Å². The minimum absolute atomic E-state index is 0.295. The van der Waals surface area contributed by atoms with E-state index in [1.54, 1.807) is 25.8 Å². The molecule has 1 N–H and O–H groups in total. The number of H-pyrrole nitrogens is 1. The van der Waals surface area contributed by atoms with Crippen molar-refractivity contribution in [1.82, 2.24) is 24.8 Å². The molecule has 3 heterocycles. The molecule has 1 aliphatic rings. The second kappa shape index (κ2) is 8.18. The number of rotatable bonds is 6. The summed E-state index contributed by atoms with van der Waals surface area (Å²) in [5.41, 5.74) is 2.05. The number of piperidine rings is 1. The maximum atomic E-state index is 6.04. The van der Waals surface area contributed by atoms with Crippen LogP contribution in [0.25, 0.3) is 0 Å². The first-order valence-electron chi connectivity index (χ1n) is 9.14. The smallest absolute Gasteiger partial charge is 0.241 e. The number of imidazole rings is 1. The minimum Gasteiger partial charge on any atom is -0.497 e. The Balaban J connectivity index is 1.49. The number of aromatic nitrogens is 4. The molecule has 1 aliphatic heterocycles. The third-order valence-electron chi connectivity index (χ3n) is 4.81. The number of likely N-dealkylation sites (tertiary alicyclic amines) is 1. The van der Waals surface area contributed by atoms with Crippen molar-refractivity contribution in [2.24, 2.45) is 0 Å². The molecule has 0 amide bonds. The van der Waals surface area contributed by atoms with Gasteiger partial charge < -0.3 is 14.5 Å². The Bertz CT molecular complexity index is 851. The monoisotopic (exact) mass is 365 g/mol. The van der Waals surface area contributed by atoms with Crippen LogP contribution < -0.4 is 9.47 Å². The molecule has 0 spiro atoms. The first kappa shape index (κ1) is 17.5. The van der Waals surface area contributed by atoms with E-state index < -0.39 is 0 Å². The number of methoxy groups -OCH3 is 1. The standard InChI is InChI=1S/C20H23N5O2/c1-26-17-4-6-18(7-5-17)27-20-19(22-8-9-23-20)15-3-2-10-25(12-15)13-16-11-21-14-24-16/h4-9,11,14-15H,2-3,10,12-13H2,1H3,(H,21,24)/t15-/m0/s1. The molecule has 1 atom stereocenters. The zero-order valence-electron chi connectivity index (χ0n) is 15.3. The number of nitrogens with zero attached hydrogens (tertiary/aromatic N) is 4. The van der Waals surface area contributed by atoms with Gasteiger partial charge in [-0.05, 0) is 43.7 Å². The number of aromatic amines is 1. The van der Waals surface area contributed by atoms with Crippen molar-refractivity contribution < 1.29 is 9.47 Å². The fraction of sp³-hybridized carbons (Fsp3) is 0.350. The van der Waals surface area contributed by atoms with Crippen LogP contribution in [0.2, 0.25) is 0 Å². The summed E-state index contributed by atoms with van der Waals surface area (Å²) < 4.78 is 11.2. The number of ether oxygens (including phenoxy) is 2. The largest absolute Gasteiger partial charge is 0.497 e. The van der Waals surface area contributed by atoms with Crippen LogP contribution in [0.15, 0.2) is 49.2 Å². The molecule has 7 nitrogen and oxygen atoms in total. The lowest BCUT2D eigenvalue weighted by Gasteiger charge is -2.32. The fourth-order valence-electron chi connectivity index (χ4n) is 3.48. The molecule has 0 aliphatic carbocycles. The number of nitrogens with one attached hydrogen (secondary N) is 1. The van der Waals surface area contributed by atoms with Gasteiger partial charge in [0, 0.05) is 43.3 Å². The van der Waals surface area contributed by atoms with Gasteiger partial charge in [0.25, 0.3) is 0 Å². The molecule has 2 aromatic heterocycles. The molecule has 0 bridgehead atoms. The van der Waals surface area contributed by atoms with E-state index in [0.717, 1.165) is 55.4 Å². The normalized spacial score (nSPS) is 17.6. The highest BCUT2D eigenvalue weighted by molar-refractivity contribution is 5.35. The molecule has 1 aromatic carbocycles. The van der Waals surface area contributed by atoms with Crippen molar-refractivity contribution in [3.8, 4) is 17.4 Å². The number of hydrogen-bond acceptors (Lipinski definition) is 6. The van der Waals surface area contributed by atoms with Gasteiger partial charge in [-0.1, -0.05) is 0 Å². The third kappa shape index (κ3) is 4.25. The molecule has 27 heavy (non-hydrogen) atoms. The summed E-state index contributed by atoms with van der Waals surface area (Å²) in [7, 11) is 1.65. The zero-order chi connectivity index (χ0) is 18.5. The second-order valence-corrected chi connectivity index (χ2v) is 6.68. The van der Waals surface area contributed by atoms with Gasteiger partial charge in [0.15, 0.2) is 0 Å². The summed E-state index contributed by atoms with van der Waals surface area (Å²) in [6.45, 7) is 2.87. The predicted molar refractivity (Wildman–Crippen MR) is 101 cm³/mol. The maximum Gasteiger partial charge on any atom is 0.241 e. The summed E-state index contributed by atoms with van der Waals surface area (Å²) in [4.78, 5) is 18.8. The van der Waals surface area contributed by atoms with Gasteiger partial charge in [-0.25, -0.2) is 9.97 Å². The third-order valence-corrected chi connectivity index (χ3v) is 4.81. The van der Waals surface area contributed by atoms with Gasteiger partial charge in [-0.3, -0.25) is 9.88 Å². The second-order valence-electron chi connectivity index (χ2n) is 6.68. The summed E-state index contributed by atoms with van der Waals surface area (Å²) in [5, 5.41) is 0. The topological polar surface area (TPSA) is 76.2 Å². The highest BCUT2D eigenvalue weighted by Crippen LogP contribution is 2.33. The average Bonchev–Trinajstić information content (AvgIpc) is 3.22. The van der Waals surface area contributed by atoms with E-state index >= 15 is 0 Å². The highest BCUT2D eigenvalue weighted by Gasteiger charge is 2.26. The van der Waals surface area contributed by atoms with E-state index in [2.05, 4.69) is 24.8 Å². The van der Waals surface area contributed by atoms with Gasteiger partial charge in [0.2, 0.25) is 5.88 Å². The Morgan fingerprint density at radius 3 is 2.74 bits per heavy atom. The van der Waals surface area contributed by atoms with Crippen molar-refractivity contribution in [3.05, 3.63) is 60.6 Å². The van der Waals surface area contributed by atoms with Gasteiger partial charge in [0.05, 0.1) is 13.4 Å². The molecule has 3 aromatic rings. The van der Waals surface area contributed by atoms with E-state index in [0.29, 0.717) is 11.8 Å². The Morgan fingerprint density at radius 1 is 1.15 bits per heavy atom. The first-order chi connectivity index (χ1) is 13.3. The summed E-state index contributed by atoms with van der Waals surface area (Å²) in [5.74, 6) is 2.39. The van der Waals surface area contributed by atoms with E-state index in [1.165, 1.54) is 0 Å². The molecule has 0 unspecified atom stereocenters. The zero-order valence-corrected chi connectivity index (χ0v) is 15.3. The average molecular weight is 365 g/mol. The molecule has 0 radical (unpaired) electrons. The molecule has 0 saturated carbocycles. The molecular formula is C20H23N5O2. The molecule has 7 heteroatoms. The first-order valence-corrected chi connectivity index (χ1v) is 9.14. The lowest BCUT2D eigenvalue weighted by Crippen LogP contribution is -2.34. The van der Waals surface area contributed by atoms with Crippen molar-refractivity contribution in [3.63, 3.8) is 0 Å². The van der Waals surface area contributed by atoms with Crippen molar-refractivity contribution in [2.75, 3.05) is 20.2 Å². The van der Waals surface area contributed by atoms with Crippen LogP contribution in [0.4, 0.5) is 0 Å². The Labute approximate surface area is 158 Å². The van der Waals surface area contributed by atoms with Gasteiger partial charge in [-0.2, -0.15) is 0 Å². The van der Waals surface area contributed by atoms with Crippen LogP contribution in [0.1, 0.15) is 30.1 Å². The fourth-order valence-corrected chi connectivity index (χ4v) is 3.48. The Kier molecular flexibility index (Phi) is 5.29. The minimum atomic E-state index is 0.295. The van der Waals surface area contributed by atoms with E-state index in [9.17, 15) is 0 Å². The molecule has 140 valence electrons. The quantitative estimate of drug-likeness (QED) is 0.722. The van der Waals surface area contributed by atoms with Crippen LogP contribution in [0, 0.1) is 0 Å². The van der Waals surface area contributed by atoms with Crippen molar-refractivity contribution in [1.29, 1.82) is 0 Å². The van der Waals surface area contributed by atoms with Crippen LogP contribution in [0.3, 0.4) is 0 Å². The van der Waals surface area contributed by atoms with Crippen LogP contribution >= 0.6 is 0 Å². The lowest BCUT2D eigenvalue weighted by atomic mass is 9.94.